The number of carbonyl (C=O) groups is 1. The zero-order valence-electron chi connectivity index (χ0n) is 12.4. The van der Waals surface area contributed by atoms with Gasteiger partial charge < -0.3 is 10.6 Å². The first-order valence-electron chi connectivity index (χ1n) is 7.20. The van der Waals surface area contributed by atoms with Crippen molar-refractivity contribution in [2.75, 3.05) is 6.54 Å². The minimum atomic E-state index is -0.119. The van der Waals surface area contributed by atoms with Crippen molar-refractivity contribution in [1.29, 1.82) is 0 Å². The van der Waals surface area contributed by atoms with Crippen LogP contribution in [0.4, 0.5) is 0 Å². The van der Waals surface area contributed by atoms with Crippen LogP contribution in [0.5, 0.6) is 0 Å². The van der Waals surface area contributed by atoms with Crippen LogP contribution in [0.15, 0.2) is 30.5 Å². The van der Waals surface area contributed by atoms with Crippen LogP contribution in [-0.2, 0) is 24.9 Å². The van der Waals surface area contributed by atoms with E-state index in [2.05, 4.69) is 27.9 Å². The van der Waals surface area contributed by atoms with E-state index >= 15 is 0 Å². The Morgan fingerprint density at radius 3 is 3.05 bits per heavy atom. The standard InChI is InChI=1S/C16H20N4O/c1-11-13(10-20(2)19-11)8-18-16(21)15-9-17-7-12-5-3-4-6-14(12)15/h3-6,10,15,17H,7-9H2,1-2H3,(H,18,21). The molecule has 0 spiro atoms. The van der Waals surface area contributed by atoms with Crippen LogP contribution in [0.25, 0.3) is 0 Å². The van der Waals surface area contributed by atoms with Gasteiger partial charge in [-0.25, -0.2) is 0 Å². The number of rotatable bonds is 3. The molecule has 2 N–H and O–H groups in total. The van der Waals surface area contributed by atoms with Crippen molar-refractivity contribution in [2.45, 2.75) is 25.9 Å². The van der Waals surface area contributed by atoms with Gasteiger partial charge in [0, 0.05) is 38.4 Å². The molecule has 1 aromatic heterocycles. The van der Waals surface area contributed by atoms with Gasteiger partial charge in [0.15, 0.2) is 0 Å². The summed E-state index contributed by atoms with van der Waals surface area (Å²) < 4.78 is 1.77. The molecule has 2 heterocycles. The molecule has 1 aliphatic heterocycles. The number of aromatic nitrogens is 2. The molecule has 21 heavy (non-hydrogen) atoms. The summed E-state index contributed by atoms with van der Waals surface area (Å²) in [6, 6.07) is 8.14. The van der Waals surface area contributed by atoms with Gasteiger partial charge in [0.05, 0.1) is 11.6 Å². The van der Waals surface area contributed by atoms with E-state index in [9.17, 15) is 4.79 Å². The average Bonchev–Trinajstić information content (AvgIpc) is 2.82. The van der Waals surface area contributed by atoms with Gasteiger partial charge in [-0.2, -0.15) is 5.10 Å². The molecule has 1 aromatic carbocycles. The summed E-state index contributed by atoms with van der Waals surface area (Å²) in [7, 11) is 1.89. The molecular weight excluding hydrogens is 264 g/mol. The lowest BCUT2D eigenvalue weighted by Gasteiger charge is -2.25. The van der Waals surface area contributed by atoms with Crippen molar-refractivity contribution < 1.29 is 4.79 Å². The molecule has 3 rings (SSSR count). The van der Waals surface area contributed by atoms with Crippen molar-refractivity contribution in [3.63, 3.8) is 0 Å². The second kappa shape index (κ2) is 5.69. The van der Waals surface area contributed by atoms with Crippen molar-refractivity contribution in [1.82, 2.24) is 20.4 Å². The van der Waals surface area contributed by atoms with Gasteiger partial charge in [-0.1, -0.05) is 24.3 Å². The van der Waals surface area contributed by atoms with Gasteiger partial charge in [-0.05, 0) is 18.1 Å². The van der Waals surface area contributed by atoms with Gasteiger partial charge in [0.2, 0.25) is 5.91 Å². The molecule has 5 heteroatoms. The highest BCUT2D eigenvalue weighted by Crippen LogP contribution is 2.23. The normalized spacial score (nSPS) is 17.3. The third kappa shape index (κ3) is 2.83. The number of nitrogens with zero attached hydrogens (tertiary/aromatic N) is 2. The summed E-state index contributed by atoms with van der Waals surface area (Å²) in [4.78, 5) is 12.5. The lowest BCUT2D eigenvalue weighted by molar-refractivity contribution is -0.122. The predicted octanol–water partition coefficient (Wildman–Crippen LogP) is 1.23. The topological polar surface area (TPSA) is 59.0 Å². The second-order valence-corrected chi connectivity index (χ2v) is 5.51. The molecule has 1 unspecified atom stereocenters. The van der Waals surface area contributed by atoms with Crippen LogP contribution in [0.2, 0.25) is 0 Å². The molecule has 1 atom stereocenters. The fourth-order valence-corrected chi connectivity index (χ4v) is 2.86. The Morgan fingerprint density at radius 1 is 1.48 bits per heavy atom. The molecule has 0 aliphatic carbocycles. The number of nitrogens with one attached hydrogen (secondary N) is 2. The van der Waals surface area contributed by atoms with Crippen LogP contribution < -0.4 is 10.6 Å². The maximum atomic E-state index is 12.5. The van der Waals surface area contributed by atoms with Crippen molar-refractivity contribution in [3.8, 4) is 0 Å². The van der Waals surface area contributed by atoms with E-state index in [0.717, 1.165) is 23.4 Å². The number of hydrogen-bond acceptors (Lipinski definition) is 3. The van der Waals surface area contributed by atoms with E-state index in [-0.39, 0.29) is 11.8 Å². The molecule has 0 fully saturated rings. The van der Waals surface area contributed by atoms with Crippen molar-refractivity contribution >= 4 is 5.91 Å². The molecule has 110 valence electrons. The van der Waals surface area contributed by atoms with E-state index in [1.165, 1.54) is 5.56 Å². The highest BCUT2D eigenvalue weighted by Gasteiger charge is 2.25. The largest absolute Gasteiger partial charge is 0.351 e. The zero-order valence-corrected chi connectivity index (χ0v) is 12.4. The summed E-state index contributed by atoms with van der Waals surface area (Å²) in [5, 5.41) is 10.6. The van der Waals surface area contributed by atoms with Gasteiger partial charge in [0.25, 0.3) is 0 Å². The Balaban J connectivity index is 1.70. The van der Waals surface area contributed by atoms with Crippen LogP contribution >= 0.6 is 0 Å². The lowest BCUT2D eigenvalue weighted by Crippen LogP contribution is -2.38. The van der Waals surface area contributed by atoms with Crippen LogP contribution in [0.3, 0.4) is 0 Å². The Hall–Kier alpha value is -2.14. The highest BCUT2D eigenvalue weighted by molar-refractivity contribution is 5.84. The highest BCUT2D eigenvalue weighted by atomic mass is 16.1. The van der Waals surface area contributed by atoms with Crippen LogP contribution in [-0.4, -0.2) is 22.2 Å². The van der Waals surface area contributed by atoms with E-state index < -0.39 is 0 Å². The lowest BCUT2D eigenvalue weighted by atomic mass is 9.90. The Labute approximate surface area is 124 Å². The van der Waals surface area contributed by atoms with Crippen molar-refractivity contribution in [3.05, 3.63) is 52.8 Å². The Kier molecular flexibility index (Phi) is 3.75. The van der Waals surface area contributed by atoms with Crippen LogP contribution in [0, 0.1) is 6.92 Å². The van der Waals surface area contributed by atoms with Gasteiger partial charge in [-0.15, -0.1) is 0 Å². The molecule has 1 aliphatic rings. The maximum Gasteiger partial charge on any atom is 0.229 e. The third-order valence-corrected chi connectivity index (χ3v) is 3.98. The number of aryl methyl sites for hydroxylation is 2. The zero-order chi connectivity index (χ0) is 14.8. The van der Waals surface area contributed by atoms with Gasteiger partial charge in [0.1, 0.15) is 0 Å². The van der Waals surface area contributed by atoms with Crippen molar-refractivity contribution in [2.24, 2.45) is 7.05 Å². The summed E-state index contributed by atoms with van der Waals surface area (Å²) in [5.74, 6) is -0.0511. The quantitative estimate of drug-likeness (QED) is 0.891. The third-order valence-electron chi connectivity index (χ3n) is 3.98. The van der Waals surface area contributed by atoms with E-state index in [1.807, 2.05) is 32.3 Å². The molecule has 0 bridgehead atoms. The predicted molar refractivity (Wildman–Crippen MR) is 80.7 cm³/mol. The molecule has 2 aromatic rings. The van der Waals surface area contributed by atoms with Gasteiger partial charge >= 0.3 is 0 Å². The Bertz CT molecular complexity index is 662. The fraction of sp³-hybridized carbons (Fsp3) is 0.375. The first-order chi connectivity index (χ1) is 10.1. The summed E-state index contributed by atoms with van der Waals surface area (Å²) >= 11 is 0. The summed E-state index contributed by atoms with van der Waals surface area (Å²) in [5.41, 5.74) is 4.36. The second-order valence-electron chi connectivity index (χ2n) is 5.51. The molecule has 0 saturated heterocycles. The SMILES string of the molecule is Cc1nn(C)cc1CNC(=O)C1CNCc2ccccc21. The fourth-order valence-electron chi connectivity index (χ4n) is 2.86. The minimum Gasteiger partial charge on any atom is -0.351 e. The van der Waals surface area contributed by atoms with E-state index in [0.29, 0.717) is 13.1 Å². The molecule has 5 nitrogen and oxygen atoms in total. The van der Waals surface area contributed by atoms with E-state index in [4.69, 9.17) is 0 Å². The number of amides is 1. The smallest absolute Gasteiger partial charge is 0.229 e. The minimum absolute atomic E-state index is 0.0675. The monoisotopic (exact) mass is 284 g/mol. The number of hydrogen-bond donors (Lipinski definition) is 2. The molecular formula is C16H20N4O. The number of benzene rings is 1. The first kappa shape index (κ1) is 13.8. The molecule has 0 saturated carbocycles. The molecule has 1 amide bonds. The average molecular weight is 284 g/mol. The summed E-state index contributed by atoms with van der Waals surface area (Å²) in [6.07, 6.45) is 1.95. The molecule has 0 radical (unpaired) electrons. The maximum absolute atomic E-state index is 12.5. The summed E-state index contributed by atoms with van der Waals surface area (Å²) in [6.45, 7) is 4.01. The first-order valence-corrected chi connectivity index (χ1v) is 7.20. The number of fused-ring (bicyclic) bond motifs is 1. The Morgan fingerprint density at radius 2 is 2.29 bits per heavy atom. The van der Waals surface area contributed by atoms with Gasteiger partial charge in [-0.3, -0.25) is 9.48 Å². The van der Waals surface area contributed by atoms with Crippen LogP contribution in [0.1, 0.15) is 28.3 Å². The van der Waals surface area contributed by atoms with E-state index in [1.54, 1.807) is 4.68 Å². The number of carbonyl (C=O) groups excluding carboxylic acids is 1.